The van der Waals surface area contributed by atoms with E-state index in [1.807, 2.05) is 127 Å². The number of aliphatic hydroxyl groups is 1. The third kappa shape index (κ3) is 9.19. The van der Waals surface area contributed by atoms with Crippen molar-refractivity contribution in [2.24, 2.45) is 0 Å². The summed E-state index contributed by atoms with van der Waals surface area (Å²) in [7, 11) is 0. The summed E-state index contributed by atoms with van der Waals surface area (Å²) in [4.78, 5) is 0. The van der Waals surface area contributed by atoms with Crippen LogP contribution in [0.4, 0.5) is 0 Å². The highest BCUT2D eigenvalue weighted by Gasteiger charge is 2.56. The van der Waals surface area contributed by atoms with Gasteiger partial charge in [0.25, 0.3) is 0 Å². The average molecular weight is 606 g/mol. The molecule has 4 aromatic carbocycles. The van der Waals surface area contributed by atoms with E-state index in [1.165, 1.54) is 0 Å². The SMILES string of the molecule is C=C(C#N)C[C@]1(O)O[C@H](COCc2ccccc2)[C@@H](OCc2ccccc2)[C@H](OCc2ccccc2)[C@H]1OCc1ccccc1. The summed E-state index contributed by atoms with van der Waals surface area (Å²) in [6.45, 7) is 5.00. The van der Waals surface area contributed by atoms with Crippen LogP contribution in [0.2, 0.25) is 0 Å². The van der Waals surface area contributed by atoms with Crippen LogP contribution in [0.5, 0.6) is 0 Å². The predicted octanol–water partition coefficient (Wildman–Crippen LogP) is 6.52. The Kier molecular flexibility index (Phi) is 11.7. The van der Waals surface area contributed by atoms with Gasteiger partial charge in [0.2, 0.25) is 0 Å². The lowest BCUT2D eigenvalue weighted by Crippen LogP contribution is -2.67. The first-order valence-corrected chi connectivity index (χ1v) is 15.1. The van der Waals surface area contributed by atoms with Crippen LogP contribution >= 0.6 is 0 Å². The third-order valence-corrected chi connectivity index (χ3v) is 7.65. The maximum absolute atomic E-state index is 12.2. The topological polar surface area (TPSA) is 90.2 Å². The molecule has 0 aliphatic carbocycles. The molecule has 7 nitrogen and oxygen atoms in total. The molecule has 5 atom stereocenters. The van der Waals surface area contributed by atoms with Gasteiger partial charge in [-0.1, -0.05) is 128 Å². The van der Waals surface area contributed by atoms with Crippen molar-refractivity contribution >= 4 is 0 Å². The second-order valence-corrected chi connectivity index (χ2v) is 11.1. The molecule has 1 aliphatic rings. The van der Waals surface area contributed by atoms with E-state index in [1.54, 1.807) is 0 Å². The second-order valence-electron chi connectivity index (χ2n) is 11.1. The van der Waals surface area contributed by atoms with Crippen LogP contribution in [-0.2, 0) is 50.1 Å². The van der Waals surface area contributed by atoms with Crippen LogP contribution in [0.15, 0.2) is 133 Å². The summed E-state index contributed by atoms with van der Waals surface area (Å²) < 4.78 is 32.3. The molecule has 1 aliphatic heterocycles. The average Bonchev–Trinajstić information content (AvgIpc) is 3.08. The molecule has 0 unspecified atom stereocenters. The molecule has 1 N–H and O–H groups in total. The Morgan fingerprint density at radius 3 is 1.56 bits per heavy atom. The fourth-order valence-corrected chi connectivity index (χ4v) is 5.42. The van der Waals surface area contributed by atoms with Gasteiger partial charge in [-0.3, -0.25) is 0 Å². The molecule has 1 saturated heterocycles. The quantitative estimate of drug-likeness (QED) is 0.154. The molecule has 7 heteroatoms. The lowest BCUT2D eigenvalue weighted by Gasteiger charge is -2.50. The largest absolute Gasteiger partial charge is 0.374 e. The Hall–Kier alpha value is -4.13. The number of nitrogens with zero attached hydrogens (tertiary/aromatic N) is 1. The number of benzene rings is 4. The fourth-order valence-electron chi connectivity index (χ4n) is 5.42. The summed E-state index contributed by atoms with van der Waals surface area (Å²) in [6.07, 6.45) is -3.45. The smallest absolute Gasteiger partial charge is 0.200 e. The minimum atomic E-state index is -1.95. The van der Waals surface area contributed by atoms with Crippen LogP contribution < -0.4 is 0 Å². The van der Waals surface area contributed by atoms with Crippen molar-refractivity contribution in [1.29, 1.82) is 5.26 Å². The predicted molar refractivity (Wildman–Crippen MR) is 170 cm³/mol. The van der Waals surface area contributed by atoms with Gasteiger partial charge < -0.3 is 28.8 Å². The molecular formula is C38H39NO6. The van der Waals surface area contributed by atoms with Gasteiger partial charge in [-0.15, -0.1) is 0 Å². The first-order valence-electron chi connectivity index (χ1n) is 15.1. The van der Waals surface area contributed by atoms with E-state index >= 15 is 0 Å². The van der Waals surface area contributed by atoms with Crippen molar-refractivity contribution in [3.05, 3.63) is 156 Å². The molecule has 1 fully saturated rings. The van der Waals surface area contributed by atoms with Crippen molar-refractivity contribution in [2.75, 3.05) is 6.61 Å². The van der Waals surface area contributed by atoms with Gasteiger partial charge in [-0.2, -0.15) is 5.26 Å². The molecular weight excluding hydrogens is 566 g/mol. The summed E-state index contributed by atoms with van der Waals surface area (Å²) in [5.74, 6) is -1.95. The van der Waals surface area contributed by atoms with E-state index in [0.717, 1.165) is 22.3 Å². The van der Waals surface area contributed by atoms with Crippen LogP contribution in [0.1, 0.15) is 28.7 Å². The molecule has 4 aromatic rings. The van der Waals surface area contributed by atoms with Gasteiger partial charge in [0.05, 0.1) is 39.1 Å². The first kappa shape index (κ1) is 32.3. The molecule has 0 radical (unpaired) electrons. The zero-order chi connectivity index (χ0) is 31.3. The summed E-state index contributed by atoms with van der Waals surface area (Å²) in [5.41, 5.74) is 4.00. The molecule has 5 rings (SSSR count). The normalized spacial score (nSPS) is 22.8. The van der Waals surface area contributed by atoms with E-state index in [-0.39, 0.29) is 38.4 Å². The maximum atomic E-state index is 12.2. The molecule has 0 amide bonds. The van der Waals surface area contributed by atoms with Gasteiger partial charge in [-0.05, 0) is 22.3 Å². The summed E-state index contributed by atoms with van der Waals surface area (Å²) in [6, 6.07) is 41.2. The highest BCUT2D eigenvalue weighted by Crippen LogP contribution is 2.39. The van der Waals surface area contributed by atoms with Gasteiger partial charge in [0, 0.05) is 12.0 Å². The van der Waals surface area contributed by atoms with Crippen LogP contribution in [0.25, 0.3) is 0 Å². The molecule has 0 saturated carbocycles. The Morgan fingerprint density at radius 1 is 0.667 bits per heavy atom. The van der Waals surface area contributed by atoms with E-state index < -0.39 is 30.2 Å². The monoisotopic (exact) mass is 605 g/mol. The van der Waals surface area contributed by atoms with Crippen molar-refractivity contribution in [3.8, 4) is 6.07 Å². The van der Waals surface area contributed by atoms with Gasteiger partial charge in [-0.25, -0.2) is 0 Å². The number of ether oxygens (including phenoxy) is 5. The van der Waals surface area contributed by atoms with Crippen molar-refractivity contribution in [3.63, 3.8) is 0 Å². The number of hydrogen-bond acceptors (Lipinski definition) is 7. The van der Waals surface area contributed by atoms with Crippen LogP contribution in [0.3, 0.4) is 0 Å². The molecule has 0 aromatic heterocycles. The number of hydrogen-bond donors (Lipinski definition) is 1. The highest BCUT2D eigenvalue weighted by atomic mass is 16.7. The minimum absolute atomic E-state index is 0.103. The van der Waals surface area contributed by atoms with Gasteiger partial charge in [0.1, 0.15) is 24.4 Å². The highest BCUT2D eigenvalue weighted by molar-refractivity contribution is 5.21. The summed E-state index contributed by atoms with van der Waals surface area (Å²) in [5, 5.41) is 21.9. The first-order chi connectivity index (χ1) is 22.0. The van der Waals surface area contributed by atoms with Gasteiger partial charge >= 0.3 is 0 Å². The van der Waals surface area contributed by atoms with E-state index in [4.69, 9.17) is 23.7 Å². The van der Waals surface area contributed by atoms with Crippen molar-refractivity contribution in [1.82, 2.24) is 0 Å². The Balaban J connectivity index is 1.48. The van der Waals surface area contributed by atoms with Crippen molar-refractivity contribution in [2.45, 2.75) is 63.1 Å². The minimum Gasteiger partial charge on any atom is -0.374 e. The Morgan fingerprint density at radius 2 is 1.09 bits per heavy atom. The molecule has 1 heterocycles. The molecule has 0 spiro atoms. The standard InChI is InChI=1S/C38H39NO6/c1-29(23-39)22-38(40)37(44-27-33-20-12-5-13-21-33)36(43-26-32-18-10-4-11-19-32)35(42-25-31-16-8-3-9-17-31)34(45-38)28-41-24-30-14-6-2-7-15-30/h2-21,34-37,40H,1,22,24-28H2/t34-,35-,36+,37-,38+/m1/s1. The van der Waals surface area contributed by atoms with Gasteiger partial charge in [0.15, 0.2) is 5.79 Å². The third-order valence-electron chi connectivity index (χ3n) is 7.65. The van der Waals surface area contributed by atoms with E-state index in [0.29, 0.717) is 6.61 Å². The maximum Gasteiger partial charge on any atom is 0.200 e. The summed E-state index contributed by atoms with van der Waals surface area (Å²) >= 11 is 0. The zero-order valence-corrected chi connectivity index (χ0v) is 25.2. The lowest BCUT2D eigenvalue weighted by atomic mass is 9.88. The zero-order valence-electron chi connectivity index (χ0n) is 25.2. The number of nitriles is 1. The number of rotatable bonds is 15. The second kappa shape index (κ2) is 16.3. The van der Waals surface area contributed by atoms with E-state index in [2.05, 4.69) is 6.58 Å². The van der Waals surface area contributed by atoms with Crippen molar-refractivity contribution < 1.29 is 28.8 Å². The Labute approximate surface area is 265 Å². The molecule has 45 heavy (non-hydrogen) atoms. The van der Waals surface area contributed by atoms with Crippen LogP contribution in [0, 0.1) is 11.3 Å². The Bertz CT molecular complexity index is 1500. The lowest BCUT2D eigenvalue weighted by molar-refractivity contribution is -0.369. The molecule has 232 valence electrons. The molecule has 0 bridgehead atoms. The van der Waals surface area contributed by atoms with Crippen LogP contribution in [-0.4, -0.2) is 41.9 Å². The van der Waals surface area contributed by atoms with E-state index in [9.17, 15) is 10.4 Å². The fraction of sp³-hybridized carbons (Fsp3) is 0.289.